The van der Waals surface area contributed by atoms with Crippen LogP contribution in [0.3, 0.4) is 0 Å². The van der Waals surface area contributed by atoms with Gasteiger partial charge in [-0.25, -0.2) is 8.42 Å². The number of rotatable bonds is 1. The first-order valence-electron chi connectivity index (χ1n) is 4.70. The minimum absolute atomic E-state index is 0.0991. The number of thioether (sulfide) groups is 1. The van der Waals surface area contributed by atoms with Crippen molar-refractivity contribution in [3.05, 3.63) is 0 Å². The molecule has 1 heterocycles. The van der Waals surface area contributed by atoms with E-state index in [9.17, 15) is 34.8 Å². The first kappa shape index (κ1) is 21.1. The minimum Gasteiger partial charge on any atom is -0.741 e. The normalized spacial score (nSPS) is 21.4. The molecule has 0 aliphatic carbocycles. The predicted octanol–water partition coefficient (Wildman–Crippen LogP) is 1.60. The second-order valence-electron chi connectivity index (χ2n) is 3.32. The molecule has 0 saturated carbocycles. The van der Waals surface area contributed by atoms with Gasteiger partial charge in [-0.1, -0.05) is 0 Å². The summed E-state index contributed by atoms with van der Waals surface area (Å²) in [6.07, 6.45) is 0.559. The monoisotopic (exact) mass is 402 g/mol. The molecular formula is C6H8F6O5S4. The van der Waals surface area contributed by atoms with E-state index in [0.717, 1.165) is 5.75 Å². The molecule has 0 aromatic rings. The van der Waals surface area contributed by atoms with Gasteiger partial charge in [0, 0.05) is 12.2 Å². The molecular weight excluding hydrogens is 394 g/mol. The highest BCUT2D eigenvalue weighted by Crippen LogP contribution is 2.34. The van der Waals surface area contributed by atoms with E-state index in [-0.39, 0.29) is 10.8 Å². The van der Waals surface area contributed by atoms with Crippen molar-refractivity contribution in [3.63, 3.8) is 0 Å². The zero-order chi connectivity index (χ0) is 17.1. The standard InChI is InChI=1S/C5H8F3O2S3.CHF3O3S/c6-5(7,8)13(9,10)12-3-1-2-11-4-12;2-1(3,4)8(5,6)7/h1-4H2;(H,5,6,7)/q+1;/p-1. The highest BCUT2D eigenvalue weighted by molar-refractivity contribution is 8.71. The summed E-state index contributed by atoms with van der Waals surface area (Å²) in [7, 11) is -12.5. The smallest absolute Gasteiger partial charge is 0.543 e. The van der Waals surface area contributed by atoms with Crippen LogP contribution in [0.15, 0.2) is 0 Å². The van der Waals surface area contributed by atoms with Crippen molar-refractivity contribution >= 4 is 40.7 Å². The fourth-order valence-electron chi connectivity index (χ4n) is 0.839. The van der Waals surface area contributed by atoms with Crippen LogP contribution in [0.5, 0.6) is 0 Å². The van der Waals surface area contributed by atoms with Gasteiger partial charge in [0.2, 0.25) is 0 Å². The highest BCUT2D eigenvalue weighted by atomic mass is 33.2. The van der Waals surface area contributed by atoms with Gasteiger partial charge < -0.3 is 4.55 Å². The molecule has 5 nitrogen and oxygen atoms in total. The molecule has 15 heteroatoms. The van der Waals surface area contributed by atoms with Gasteiger partial charge >= 0.3 is 19.9 Å². The highest BCUT2D eigenvalue weighted by Gasteiger charge is 2.58. The Balaban J connectivity index is 0.000000433. The van der Waals surface area contributed by atoms with Crippen LogP contribution in [0.25, 0.3) is 0 Å². The summed E-state index contributed by atoms with van der Waals surface area (Å²) in [5.74, 6) is 0.922. The molecule has 0 bridgehead atoms. The Morgan fingerprint density at radius 1 is 0.952 bits per heavy atom. The summed E-state index contributed by atoms with van der Waals surface area (Å²) in [5.41, 5.74) is -10.7. The summed E-state index contributed by atoms with van der Waals surface area (Å²) < 4.78 is 117. The van der Waals surface area contributed by atoms with E-state index in [2.05, 4.69) is 0 Å². The Hall–Kier alpha value is 0.140. The van der Waals surface area contributed by atoms with E-state index in [1.54, 1.807) is 0 Å². The Labute approximate surface area is 122 Å². The van der Waals surface area contributed by atoms with Crippen LogP contribution in [-0.2, 0) is 28.9 Å². The summed E-state index contributed by atoms with van der Waals surface area (Å²) in [6, 6.07) is 0. The van der Waals surface area contributed by atoms with Crippen molar-refractivity contribution in [1.82, 2.24) is 0 Å². The van der Waals surface area contributed by atoms with Crippen LogP contribution < -0.4 is 0 Å². The van der Waals surface area contributed by atoms with Gasteiger partial charge in [0.15, 0.2) is 15.2 Å². The minimum atomic E-state index is -6.09. The molecule has 128 valence electrons. The third-order valence-electron chi connectivity index (χ3n) is 1.75. The lowest BCUT2D eigenvalue weighted by Crippen LogP contribution is -2.35. The predicted molar refractivity (Wildman–Crippen MR) is 64.9 cm³/mol. The Morgan fingerprint density at radius 3 is 1.62 bits per heavy atom. The zero-order valence-electron chi connectivity index (χ0n) is 9.77. The van der Waals surface area contributed by atoms with Crippen LogP contribution in [0.1, 0.15) is 6.42 Å². The maximum Gasteiger partial charge on any atom is 0.543 e. The lowest BCUT2D eigenvalue weighted by molar-refractivity contribution is -0.0518. The molecule has 1 aliphatic heterocycles. The van der Waals surface area contributed by atoms with Gasteiger partial charge in [-0.15, -0.1) is 11.8 Å². The number of hydrogen-bond acceptors (Lipinski definition) is 6. The molecule has 0 radical (unpaired) electrons. The molecule has 1 rings (SSSR count). The summed E-state index contributed by atoms with van der Waals surface area (Å²) in [5, 5.41) is 0.0991. The molecule has 0 aromatic heterocycles. The first-order valence-corrected chi connectivity index (χ1v) is 10.8. The SMILES string of the molecule is O=S(=O)([O-])C(F)(F)F.O=S(=O)([S+]1CCCSC1)C(F)(F)F. The first-order chi connectivity index (χ1) is 9.11. The van der Waals surface area contributed by atoms with Crippen molar-refractivity contribution in [2.75, 3.05) is 16.6 Å². The summed E-state index contributed by atoms with van der Waals surface area (Å²) in [6.45, 7) is 0. The van der Waals surface area contributed by atoms with Gasteiger partial charge in [0.1, 0.15) is 15.7 Å². The topological polar surface area (TPSA) is 91.3 Å². The molecule has 1 atom stereocenters. The second kappa shape index (κ2) is 7.14. The fourth-order valence-corrected chi connectivity index (χ4v) is 8.08. The van der Waals surface area contributed by atoms with E-state index in [4.69, 9.17) is 13.0 Å². The second-order valence-corrected chi connectivity index (χ2v) is 11.8. The van der Waals surface area contributed by atoms with E-state index < -0.39 is 39.9 Å². The molecule has 1 saturated heterocycles. The molecule has 1 aliphatic rings. The van der Waals surface area contributed by atoms with E-state index in [1.165, 1.54) is 11.8 Å². The maximum absolute atomic E-state index is 12.0. The van der Waals surface area contributed by atoms with Crippen LogP contribution in [-0.4, -0.2) is 49.0 Å². The van der Waals surface area contributed by atoms with Gasteiger partial charge in [-0.05, 0) is 0 Å². The molecule has 21 heavy (non-hydrogen) atoms. The van der Waals surface area contributed by atoms with E-state index in [0.29, 0.717) is 6.42 Å². The number of halogens is 6. The molecule has 0 aromatic carbocycles. The summed E-state index contributed by atoms with van der Waals surface area (Å²) >= 11 is 1.28. The molecule has 0 N–H and O–H groups in total. The number of hydrogen-bond donors (Lipinski definition) is 0. The maximum atomic E-state index is 12.0. The molecule has 1 unspecified atom stereocenters. The lowest BCUT2D eigenvalue weighted by Gasteiger charge is -2.13. The average Bonchev–Trinajstić information content (AvgIpc) is 2.26. The third-order valence-corrected chi connectivity index (χ3v) is 10.3. The van der Waals surface area contributed by atoms with Gasteiger partial charge in [-0.2, -0.15) is 34.8 Å². The third kappa shape index (κ3) is 6.42. The van der Waals surface area contributed by atoms with Crippen LogP contribution >= 0.6 is 11.8 Å². The molecule has 0 amide bonds. The van der Waals surface area contributed by atoms with Gasteiger partial charge in [-0.3, -0.25) is 0 Å². The fraction of sp³-hybridized carbons (Fsp3) is 1.00. The Morgan fingerprint density at radius 2 is 1.38 bits per heavy atom. The van der Waals surface area contributed by atoms with Crippen molar-refractivity contribution in [2.45, 2.75) is 17.4 Å². The zero-order valence-corrected chi connectivity index (χ0v) is 13.0. The Kier molecular flexibility index (Phi) is 7.19. The summed E-state index contributed by atoms with van der Waals surface area (Å²) in [4.78, 5) is 0. The van der Waals surface area contributed by atoms with E-state index >= 15 is 0 Å². The van der Waals surface area contributed by atoms with Gasteiger partial charge in [0.25, 0.3) is 0 Å². The van der Waals surface area contributed by atoms with Crippen molar-refractivity contribution in [2.24, 2.45) is 0 Å². The van der Waals surface area contributed by atoms with E-state index in [1.807, 2.05) is 0 Å². The quantitative estimate of drug-likeness (QED) is 0.218. The van der Waals surface area contributed by atoms with Crippen molar-refractivity contribution in [3.8, 4) is 0 Å². The van der Waals surface area contributed by atoms with Crippen LogP contribution in [0.4, 0.5) is 26.3 Å². The van der Waals surface area contributed by atoms with Crippen LogP contribution in [0, 0.1) is 0 Å². The Bertz CT molecular complexity index is 529. The molecule has 0 spiro atoms. The van der Waals surface area contributed by atoms with Crippen molar-refractivity contribution in [1.29, 1.82) is 0 Å². The number of alkyl halides is 6. The molecule has 1 fully saturated rings. The van der Waals surface area contributed by atoms with Crippen LogP contribution in [0.2, 0.25) is 0 Å². The lowest BCUT2D eigenvalue weighted by atomic mass is 10.6. The van der Waals surface area contributed by atoms with Crippen molar-refractivity contribution < 1.29 is 47.7 Å². The largest absolute Gasteiger partial charge is 0.741 e. The average molecular weight is 402 g/mol. The van der Waals surface area contributed by atoms with Gasteiger partial charge in [0.05, 0.1) is 0 Å².